The first-order valence-electron chi connectivity index (χ1n) is 11.6. The van der Waals surface area contributed by atoms with Crippen LogP contribution < -0.4 is 10.6 Å². The predicted molar refractivity (Wildman–Crippen MR) is 134 cm³/mol. The second kappa shape index (κ2) is 10.4. The molecule has 3 aromatic carbocycles. The van der Waals surface area contributed by atoms with Gasteiger partial charge in [0.1, 0.15) is 6.61 Å². The molecular formula is C28H28N2O5. The molecule has 7 nitrogen and oxygen atoms in total. The average Bonchev–Trinajstić information content (AvgIpc) is 3.16. The Kier molecular flexibility index (Phi) is 7.15. The second-order valence-electron chi connectivity index (χ2n) is 8.90. The molecule has 1 atom stereocenters. The Morgan fingerprint density at radius 2 is 1.60 bits per heavy atom. The Morgan fingerprint density at radius 3 is 2.20 bits per heavy atom. The lowest BCUT2D eigenvalue weighted by Gasteiger charge is -2.16. The van der Waals surface area contributed by atoms with E-state index >= 15 is 0 Å². The van der Waals surface area contributed by atoms with Crippen molar-refractivity contribution in [1.29, 1.82) is 0 Å². The number of carboxylic acids is 1. The average molecular weight is 473 g/mol. The number of ether oxygens (including phenoxy) is 1. The van der Waals surface area contributed by atoms with Crippen molar-refractivity contribution in [3.8, 4) is 11.1 Å². The van der Waals surface area contributed by atoms with Gasteiger partial charge in [-0.3, -0.25) is 4.79 Å². The van der Waals surface area contributed by atoms with Gasteiger partial charge >= 0.3 is 12.1 Å². The van der Waals surface area contributed by atoms with Crippen LogP contribution in [0.5, 0.6) is 0 Å². The lowest BCUT2D eigenvalue weighted by atomic mass is 9.98. The zero-order valence-electron chi connectivity index (χ0n) is 19.7. The Bertz CT molecular complexity index is 1220. The number of carbonyl (C=O) groups excluding carboxylic acids is 2. The van der Waals surface area contributed by atoms with E-state index < -0.39 is 12.1 Å². The molecule has 0 fully saturated rings. The van der Waals surface area contributed by atoms with Gasteiger partial charge in [0.05, 0.1) is 5.56 Å². The van der Waals surface area contributed by atoms with Gasteiger partial charge in [-0.25, -0.2) is 9.59 Å². The molecule has 0 bridgehead atoms. The molecule has 1 aliphatic carbocycles. The number of carbonyl (C=O) groups is 3. The number of carboxylic acid groups (broad SMARTS) is 1. The maximum atomic E-state index is 12.4. The summed E-state index contributed by atoms with van der Waals surface area (Å²) in [6.07, 6.45) is -0.316. The highest BCUT2D eigenvalue weighted by molar-refractivity contribution is 5.93. The lowest BCUT2D eigenvalue weighted by Crippen LogP contribution is -2.31. The predicted octanol–water partition coefficient (Wildman–Crippen LogP) is 5.20. The molecular weight excluding hydrogens is 444 g/mol. The third-order valence-corrected chi connectivity index (χ3v) is 6.22. The number of nitrogens with one attached hydrogen (secondary N) is 2. The van der Waals surface area contributed by atoms with Gasteiger partial charge in [0, 0.05) is 24.6 Å². The first kappa shape index (κ1) is 24.0. The first-order chi connectivity index (χ1) is 16.8. The van der Waals surface area contributed by atoms with Crippen LogP contribution in [0.3, 0.4) is 0 Å². The van der Waals surface area contributed by atoms with Gasteiger partial charge in [0.25, 0.3) is 0 Å². The molecule has 0 saturated carbocycles. The van der Waals surface area contributed by atoms with Gasteiger partial charge in [0.2, 0.25) is 5.91 Å². The number of anilines is 1. The smallest absolute Gasteiger partial charge is 0.407 e. The van der Waals surface area contributed by atoms with Gasteiger partial charge in [-0.2, -0.15) is 0 Å². The van der Waals surface area contributed by atoms with Crippen molar-refractivity contribution in [3.05, 3.63) is 89.0 Å². The van der Waals surface area contributed by atoms with Crippen LogP contribution in [-0.2, 0) is 9.53 Å². The van der Waals surface area contributed by atoms with Crippen LogP contribution in [0, 0.1) is 12.8 Å². The molecule has 0 spiro atoms. The maximum Gasteiger partial charge on any atom is 0.407 e. The summed E-state index contributed by atoms with van der Waals surface area (Å²) in [6, 6.07) is 20.9. The largest absolute Gasteiger partial charge is 0.478 e. The van der Waals surface area contributed by atoms with Crippen molar-refractivity contribution in [2.45, 2.75) is 26.2 Å². The number of amides is 2. The fourth-order valence-corrected chi connectivity index (χ4v) is 4.43. The van der Waals surface area contributed by atoms with Crippen LogP contribution in [0.25, 0.3) is 11.1 Å². The third kappa shape index (κ3) is 5.51. The van der Waals surface area contributed by atoms with E-state index in [1.165, 1.54) is 23.3 Å². The summed E-state index contributed by atoms with van der Waals surface area (Å²) in [5.74, 6) is -1.35. The second-order valence-corrected chi connectivity index (χ2v) is 8.90. The summed E-state index contributed by atoms with van der Waals surface area (Å²) in [7, 11) is 0. The van der Waals surface area contributed by atoms with Gasteiger partial charge in [0.15, 0.2) is 0 Å². The molecule has 0 saturated heterocycles. The third-order valence-electron chi connectivity index (χ3n) is 6.22. The summed E-state index contributed by atoms with van der Waals surface area (Å²) in [6.45, 7) is 4.13. The zero-order chi connectivity index (χ0) is 24.9. The van der Waals surface area contributed by atoms with Crippen LogP contribution in [-0.4, -0.2) is 36.2 Å². The minimum Gasteiger partial charge on any atom is -0.478 e. The van der Waals surface area contributed by atoms with E-state index in [0.717, 1.165) is 11.1 Å². The minimum absolute atomic E-state index is 0.00731. The number of fused-ring (bicyclic) bond motifs is 3. The molecule has 0 heterocycles. The van der Waals surface area contributed by atoms with Crippen molar-refractivity contribution in [3.63, 3.8) is 0 Å². The molecule has 7 heteroatoms. The van der Waals surface area contributed by atoms with E-state index in [0.29, 0.717) is 17.8 Å². The van der Waals surface area contributed by atoms with Crippen LogP contribution in [0.2, 0.25) is 0 Å². The van der Waals surface area contributed by atoms with Crippen LogP contribution in [0.1, 0.15) is 46.3 Å². The fourth-order valence-electron chi connectivity index (χ4n) is 4.43. The molecule has 1 aliphatic rings. The van der Waals surface area contributed by atoms with Crippen molar-refractivity contribution in [2.24, 2.45) is 5.92 Å². The summed E-state index contributed by atoms with van der Waals surface area (Å²) in [5.41, 5.74) is 6.05. The fraction of sp³-hybridized carbons (Fsp3) is 0.250. The van der Waals surface area contributed by atoms with E-state index in [1.54, 1.807) is 13.0 Å². The minimum atomic E-state index is -1.01. The van der Waals surface area contributed by atoms with Gasteiger partial charge in [-0.05, 0) is 58.9 Å². The highest BCUT2D eigenvalue weighted by atomic mass is 16.5. The Hall–Kier alpha value is -4.13. The van der Waals surface area contributed by atoms with Gasteiger partial charge in [-0.15, -0.1) is 0 Å². The first-order valence-corrected chi connectivity index (χ1v) is 11.6. The standard InChI is InChI=1S/C28H28N2O5/c1-17(13-26(31)30-25-12-11-19(27(32)33)14-18(25)2)15-29-28(34)35-16-24-22-9-5-3-7-20(22)21-8-4-6-10-23(21)24/h3-12,14,17,24H,13,15-16H2,1-2H3,(H,29,34)(H,30,31)(H,32,33). The Balaban J connectivity index is 1.25. The molecule has 35 heavy (non-hydrogen) atoms. The van der Waals surface area contributed by atoms with Crippen molar-refractivity contribution >= 4 is 23.7 Å². The highest BCUT2D eigenvalue weighted by Crippen LogP contribution is 2.44. The number of aromatic carboxylic acids is 1. The molecule has 0 radical (unpaired) electrons. The molecule has 2 amide bonds. The molecule has 3 aromatic rings. The molecule has 4 rings (SSSR count). The number of hydrogen-bond donors (Lipinski definition) is 3. The van der Waals surface area contributed by atoms with E-state index in [-0.39, 0.29) is 36.3 Å². The Labute approximate surface area is 204 Å². The topological polar surface area (TPSA) is 105 Å². The molecule has 180 valence electrons. The van der Waals surface area contributed by atoms with Gasteiger partial charge in [-0.1, -0.05) is 55.5 Å². The van der Waals surface area contributed by atoms with E-state index in [1.807, 2.05) is 31.2 Å². The maximum absolute atomic E-state index is 12.4. The molecule has 3 N–H and O–H groups in total. The summed E-state index contributed by atoms with van der Waals surface area (Å²) < 4.78 is 5.54. The molecule has 0 aliphatic heterocycles. The number of hydrogen-bond acceptors (Lipinski definition) is 4. The monoisotopic (exact) mass is 472 g/mol. The summed E-state index contributed by atoms with van der Waals surface area (Å²) in [5, 5.41) is 14.6. The van der Waals surface area contributed by atoms with Crippen LogP contribution in [0.4, 0.5) is 10.5 Å². The summed E-state index contributed by atoms with van der Waals surface area (Å²) >= 11 is 0. The number of aryl methyl sites for hydroxylation is 1. The van der Waals surface area contributed by atoms with Crippen LogP contribution >= 0.6 is 0 Å². The molecule has 0 aromatic heterocycles. The molecule has 1 unspecified atom stereocenters. The SMILES string of the molecule is Cc1cc(C(=O)O)ccc1NC(=O)CC(C)CNC(=O)OCC1c2ccccc2-c2ccccc21. The normalized spacial score (nSPS) is 12.9. The number of benzene rings is 3. The number of alkyl carbamates (subject to hydrolysis) is 1. The van der Waals surface area contributed by atoms with Crippen molar-refractivity contribution < 1.29 is 24.2 Å². The van der Waals surface area contributed by atoms with Crippen molar-refractivity contribution in [2.75, 3.05) is 18.5 Å². The van der Waals surface area contributed by atoms with E-state index in [9.17, 15) is 14.4 Å². The van der Waals surface area contributed by atoms with Gasteiger partial charge < -0.3 is 20.5 Å². The van der Waals surface area contributed by atoms with Crippen molar-refractivity contribution in [1.82, 2.24) is 5.32 Å². The quantitative estimate of drug-likeness (QED) is 0.418. The van der Waals surface area contributed by atoms with Crippen LogP contribution in [0.15, 0.2) is 66.7 Å². The highest BCUT2D eigenvalue weighted by Gasteiger charge is 2.29. The van der Waals surface area contributed by atoms with E-state index in [2.05, 4.69) is 34.9 Å². The van der Waals surface area contributed by atoms with E-state index in [4.69, 9.17) is 9.84 Å². The Morgan fingerprint density at radius 1 is 0.971 bits per heavy atom. The number of rotatable bonds is 8. The lowest BCUT2D eigenvalue weighted by molar-refractivity contribution is -0.116. The summed E-state index contributed by atoms with van der Waals surface area (Å²) in [4.78, 5) is 35.8. The zero-order valence-corrected chi connectivity index (χ0v) is 19.7.